The number of carbonyl (C=O) groups excluding carboxylic acids is 1. The Morgan fingerprint density at radius 1 is 1.26 bits per heavy atom. The number of rotatable bonds is 6. The molecule has 23 heavy (non-hydrogen) atoms. The molecule has 1 aliphatic heterocycles. The number of amides is 1. The summed E-state index contributed by atoms with van der Waals surface area (Å²) in [5, 5.41) is 2.83. The first-order valence-corrected chi connectivity index (χ1v) is 8.55. The van der Waals surface area contributed by atoms with E-state index in [0.29, 0.717) is 0 Å². The summed E-state index contributed by atoms with van der Waals surface area (Å²) in [5.41, 5.74) is 1.89. The van der Waals surface area contributed by atoms with Crippen molar-refractivity contribution in [3.63, 3.8) is 0 Å². The van der Waals surface area contributed by atoms with Crippen molar-refractivity contribution in [1.29, 1.82) is 0 Å². The molecule has 2 rings (SSSR count). The molecule has 0 spiro atoms. The van der Waals surface area contributed by atoms with Crippen molar-refractivity contribution in [2.75, 3.05) is 42.9 Å². The monoisotopic (exact) mass is 319 g/mol. The normalized spacial score (nSPS) is 15.8. The van der Waals surface area contributed by atoms with Crippen LogP contribution in [-0.2, 0) is 4.79 Å². The summed E-state index contributed by atoms with van der Waals surface area (Å²) in [6.07, 6.45) is 1.30. The van der Waals surface area contributed by atoms with Crippen LogP contribution in [0.5, 0.6) is 5.75 Å². The third kappa shape index (κ3) is 5.13. The maximum absolute atomic E-state index is 11.3. The van der Waals surface area contributed by atoms with Gasteiger partial charge in [0.1, 0.15) is 5.75 Å². The number of benzene rings is 1. The van der Waals surface area contributed by atoms with Gasteiger partial charge in [0.15, 0.2) is 0 Å². The van der Waals surface area contributed by atoms with E-state index in [9.17, 15) is 4.79 Å². The lowest BCUT2D eigenvalue weighted by Gasteiger charge is -2.36. The molecule has 0 atom stereocenters. The Hall–Kier alpha value is -1.75. The van der Waals surface area contributed by atoms with Gasteiger partial charge in [0, 0.05) is 44.9 Å². The highest BCUT2D eigenvalue weighted by Crippen LogP contribution is 2.33. The molecule has 1 amide bonds. The lowest BCUT2D eigenvalue weighted by molar-refractivity contribution is -0.114. The molecule has 0 unspecified atom stereocenters. The van der Waals surface area contributed by atoms with E-state index >= 15 is 0 Å². The molecular formula is C18H29N3O2. The second-order valence-electron chi connectivity index (χ2n) is 6.36. The van der Waals surface area contributed by atoms with Gasteiger partial charge in [-0.25, -0.2) is 0 Å². The van der Waals surface area contributed by atoms with E-state index in [1.807, 2.05) is 26.0 Å². The highest BCUT2D eigenvalue weighted by atomic mass is 16.5. The zero-order chi connectivity index (χ0) is 16.8. The Kier molecular flexibility index (Phi) is 6.28. The topological polar surface area (TPSA) is 44.8 Å². The fourth-order valence-electron chi connectivity index (χ4n) is 2.93. The summed E-state index contributed by atoms with van der Waals surface area (Å²) in [6.45, 7) is 13.1. The molecule has 5 heteroatoms. The minimum atomic E-state index is -0.0681. The Morgan fingerprint density at radius 3 is 2.52 bits per heavy atom. The largest absolute Gasteiger partial charge is 0.489 e. The summed E-state index contributed by atoms with van der Waals surface area (Å²) in [7, 11) is 0. The van der Waals surface area contributed by atoms with E-state index < -0.39 is 0 Å². The third-order valence-corrected chi connectivity index (χ3v) is 3.90. The molecule has 1 heterocycles. The molecule has 1 aromatic carbocycles. The number of piperazine rings is 1. The Morgan fingerprint density at radius 2 is 1.96 bits per heavy atom. The summed E-state index contributed by atoms with van der Waals surface area (Å²) in [5.74, 6) is 0.775. The van der Waals surface area contributed by atoms with Gasteiger partial charge in [0.2, 0.25) is 5.91 Å². The van der Waals surface area contributed by atoms with Crippen molar-refractivity contribution >= 4 is 17.3 Å². The maximum atomic E-state index is 11.3. The molecule has 0 bridgehead atoms. The minimum absolute atomic E-state index is 0.0681. The zero-order valence-electron chi connectivity index (χ0n) is 14.8. The van der Waals surface area contributed by atoms with Gasteiger partial charge in [0.05, 0.1) is 11.8 Å². The van der Waals surface area contributed by atoms with Crippen LogP contribution < -0.4 is 15.0 Å². The molecule has 1 fully saturated rings. The smallest absolute Gasteiger partial charge is 0.221 e. The predicted molar refractivity (Wildman–Crippen MR) is 95.5 cm³/mol. The number of nitrogens with zero attached hydrogens (tertiary/aromatic N) is 2. The second kappa shape index (κ2) is 8.20. The molecule has 1 aliphatic rings. The van der Waals surface area contributed by atoms with Crippen molar-refractivity contribution in [1.82, 2.24) is 4.90 Å². The second-order valence-corrected chi connectivity index (χ2v) is 6.36. The lowest BCUT2D eigenvalue weighted by atomic mass is 10.2. The molecule has 1 aromatic rings. The van der Waals surface area contributed by atoms with Crippen LogP contribution in [0.15, 0.2) is 18.2 Å². The van der Waals surface area contributed by atoms with E-state index in [4.69, 9.17) is 4.74 Å². The molecule has 5 nitrogen and oxygen atoms in total. The van der Waals surface area contributed by atoms with Gasteiger partial charge < -0.3 is 15.0 Å². The third-order valence-electron chi connectivity index (χ3n) is 3.90. The number of nitrogens with one attached hydrogen (secondary N) is 1. The van der Waals surface area contributed by atoms with Crippen LogP contribution in [0.2, 0.25) is 0 Å². The van der Waals surface area contributed by atoms with Crippen LogP contribution >= 0.6 is 0 Å². The lowest BCUT2D eigenvalue weighted by Crippen LogP contribution is -2.46. The first-order chi connectivity index (χ1) is 11.0. The van der Waals surface area contributed by atoms with Gasteiger partial charge in [0.25, 0.3) is 0 Å². The number of anilines is 2. The van der Waals surface area contributed by atoms with Crippen LogP contribution in [0.1, 0.15) is 34.1 Å². The van der Waals surface area contributed by atoms with E-state index in [1.54, 1.807) is 0 Å². The SMILES string of the molecule is CCCN1CCN(c2ccc(NC(C)=O)cc2OC(C)C)CC1. The van der Waals surface area contributed by atoms with E-state index in [1.165, 1.54) is 19.9 Å². The van der Waals surface area contributed by atoms with Crippen LogP contribution in [0.4, 0.5) is 11.4 Å². The Bertz CT molecular complexity index is 523. The van der Waals surface area contributed by atoms with Crippen LogP contribution in [-0.4, -0.2) is 49.6 Å². The maximum Gasteiger partial charge on any atom is 0.221 e. The van der Waals surface area contributed by atoms with Crippen molar-refractivity contribution in [2.45, 2.75) is 40.2 Å². The summed E-state index contributed by atoms with van der Waals surface area (Å²) >= 11 is 0. The van der Waals surface area contributed by atoms with Crippen LogP contribution in [0, 0.1) is 0 Å². The molecule has 1 saturated heterocycles. The van der Waals surface area contributed by atoms with Crippen molar-refractivity contribution in [3.8, 4) is 5.75 Å². The quantitative estimate of drug-likeness (QED) is 0.875. The minimum Gasteiger partial charge on any atom is -0.489 e. The predicted octanol–water partition coefficient (Wildman–Crippen LogP) is 2.96. The summed E-state index contributed by atoms with van der Waals surface area (Å²) in [4.78, 5) is 16.1. The van der Waals surface area contributed by atoms with Crippen LogP contribution in [0.25, 0.3) is 0 Å². The highest BCUT2D eigenvalue weighted by molar-refractivity contribution is 5.89. The van der Waals surface area contributed by atoms with E-state index in [0.717, 1.165) is 43.3 Å². The Labute approximate surface area is 139 Å². The molecule has 128 valence electrons. The van der Waals surface area contributed by atoms with Gasteiger partial charge in [-0.15, -0.1) is 0 Å². The summed E-state index contributed by atoms with van der Waals surface area (Å²) < 4.78 is 5.99. The average molecular weight is 319 g/mol. The first kappa shape index (κ1) is 17.6. The molecular weight excluding hydrogens is 290 g/mol. The van der Waals surface area contributed by atoms with Gasteiger partial charge in [-0.3, -0.25) is 9.69 Å². The van der Waals surface area contributed by atoms with Crippen molar-refractivity contribution in [3.05, 3.63) is 18.2 Å². The molecule has 0 aliphatic carbocycles. The van der Waals surface area contributed by atoms with Gasteiger partial charge >= 0.3 is 0 Å². The molecule has 0 saturated carbocycles. The highest BCUT2D eigenvalue weighted by Gasteiger charge is 2.20. The fourth-order valence-corrected chi connectivity index (χ4v) is 2.93. The van der Waals surface area contributed by atoms with Gasteiger partial charge in [-0.2, -0.15) is 0 Å². The Balaban J connectivity index is 2.15. The van der Waals surface area contributed by atoms with Crippen LogP contribution in [0.3, 0.4) is 0 Å². The van der Waals surface area contributed by atoms with Gasteiger partial charge in [-0.1, -0.05) is 6.92 Å². The summed E-state index contributed by atoms with van der Waals surface area (Å²) in [6, 6.07) is 5.93. The number of ether oxygens (including phenoxy) is 1. The number of carbonyl (C=O) groups is 1. The number of hydrogen-bond acceptors (Lipinski definition) is 4. The van der Waals surface area contributed by atoms with Crippen molar-refractivity contribution < 1.29 is 9.53 Å². The zero-order valence-corrected chi connectivity index (χ0v) is 14.8. The first-order valence-electron chi connectivity index (χ1n) is 8.55. The van der Waals surface area contributed by atoms with Crippen molar-refractivity contribution in [2.24, 2.45) is 0 Å². The number of hydrogen-bond donors (Lipinski definition) is 1. The van der Waals surface area contributed by atoms with E-state index in [-0.39, 0.29) is 12.0 Å². The molecule has 1 N–H and O–H groups in total. The fraction of sp³-hybridized carbons (Fsp3) is 0.611. The standard InChI is InChI=1S/C18H29N3O2/c1-5-8-20-9-11-21(12-10-20)17-7-6-16(19-15(4)22)13-18(17)23-14(2)3/h6-7,13-14H,5,8-12H2,1-4H3,(H,19,22). The molecule has 0 aromatic heterocycles. The van der Waals surface area contributed by atoms with E-state index in [2.05, 4.69) is 28.1 Å². The average Bonchev–Trinajstić information content (AvgIpc) is 2.48. The molecule has 0 radical (unpaired) electrons. The van der Waals surface area contributed by atoms with Gasteiger partial charge in [-0.05, 0) is 38.9 Å².